The van der Waals surface area contributed by atoms with Gasteiger partial charge in [-0.3, -0.25) is 9.78 Å². The van der Waals surface area contributed by atoms with Gasteiger partial charge in [0.2, 0.25) is 0 Å². The number of methoxy groups -OCH3 is 1. The monoisotopic (exact) mass is 281 g/mol. The minimum atomic E-state index is -0.971. The number of carboxylic acids is 1. The van der Waals surface area contributed by atoms with E-state index < -0.39 is 18.1 Å². The molecule has 0 aliphatic carbocycles. The maximum absolute atomic E-state index is 11.7. The van der Waals surface area contributed by atoms with Crippen molar-refractivity contribution in [3.63, 3.8) is 0 Å². The van der Waals surface area contributed by atoms with Crippen LogP contribution in [0.4, 0.5) is 4.79 Å². The van der Waals surface area contributed by atoms with Crippen LogP contribution in [-0.2, 0) is 9.53 Å². The van der Waals surface area contributed by atoms with E-state index in [1.54, 1.807) is 12.3 Å². The molecule has 110 valence electrons. The van der Waals surface area contributed by atoms with Crippen LogP contribution in [0.1, 0.15) is 25.1 Å². The van der Waals surface area contributed by atoms with E-state index in [1.165, 1.54) is 7.11 Å². The van der Waals surface area contributed by atoms with Gasteiger partial charge in [-0.2, -0.15) is 0 Å². The molecule has 1 aromatic rings. The quantitative estimate of drug-likeness (QED) is 0.690. The average Bonchev–Trinajstić information content (AvgIpc) is 2.44. The highest BCUT2D eigenvalue weighted by Crippen LogP contribution is 2.07. The van der Waals surface area contributed by atoms with Crippen LogP contribution in [0.5, 0.6) is 0 Å². The summed E-state index contributed by atoms with van der Waals surface area (Å²) < 4.78 is 4.97. The van der Waals surface area contributed by atoms with E-state index in [4.69, 9.17) is 9.84 Å². The molecule has 3 N–H and O–H groups in total. The topological polar surface area (TPSA) is 101 Å². The molecule has 7 heteroatoms. The molecule has 2 atom stereocenters. The van der Waals surface area contributed by atoms with Gasteiger partial charge in [-0.05, 0) is 19.1 Å². The number of ether oxygens (including phenoxy) is 1. The molecule has 0 aliphatic rings. The van der Waals surface area contributed by atoms with Crippen molar-refractivity contribution >= 4 is 12.0 Å². The maximum atomic E-state index is 11.7. The number of urea groups is 1. The largest absolute Gasteiger partial charge is 0.481 e. The summed E-state index contributed by atoms with van der Waals surface area (Å²) in [5.41, 5.74) is 0.747. The van der Waals surface area contributed by atoms with Crippen molar-refractivity contribution in [2.45, 2.75) is 25.5 Å². The molecule has 0 saturated carbocycles. The lowest BCUT2D eigenvalue weighted by molar-refractivity contribution is -0.139. The van der Waals surface area contributed by atoms with Crippen LogP contribution in [0.15, 0.2) is 24.4 Å². The normalized spacial score (nSPS) is 13.3. The van der Waals surface area contributed by atoms with Gasteiger partial charge in [0, 0.05) is 19.9 Å². The molecule has 2 unspecified atom stereocenters. The number of rotatable bonds is 7. The second-order valence-corrected chi connectivity index (χ2v) is 4.29. The van der Waals surface area contributed by atoms with Gasteiger partial charge >= 0.3 is 12.0 Å². The fraction of sp³-hybridized carbons (Fsp3) is 0.462. The Morgan fingerprint density at radius 3 is 2.75 bits per heavy atom. The van der Waals surface area contributed by atoms with E-state index in [1.807, 2.05) is 19.1 Å². The number of nitrogens with one attached hydrogen (secondary N) is 2. The van der Waals surface area contributed by atoms with E-state index in [2.05, 4.69) is 15.6 Å². The smallest absolute Gasteiger partial charge is 0.315 e. The maximum Gasteiger partial charge on any atom is 0.315 e. The zero-order valence-corrected chi connectivity index (χ0v) is 11.5. The Bertz CT molecular complexity index is 439. The third-order valence-electron chi connectivity index (χ3n) is 2.70. The molecular formula is C13H19N3O4. The zero-order chi connectivity index (χ0) is 15.0. The number of hydrogen-bond acceptors (Lipinski definition) is 4. The molecule has 0 spiro atoms. The first-order chi connectivity index (χ1) is 9.52. The molecule has 0 radical (unpaired) electrons. The highest BCUT2D eigenvalue weighted by atomic mass is 16.5. The Kier molecular flexibility index (Phi) is 6.45. The molecule has 0 fully saturated rings. The van der Waals surface area contributed by atoms with Crippen molar-refractivity contribution in [3.8, 4) is 0 Å². The summed E-state index contributed by atoms with van der Waals surface area (Å²) in [5.74, 6) is -0.971. The predicted octanol–water partition coefficient (Wildman–Crippen LogP) is 0.931. The Morgan fingerprint density at radius 2 is 2.20 bits per heavy atom. The van der Waals surface area contributed by atoms with E-state index in [-0.39, 0.29) is 19.0 Å². The molecule has 0 saturated heterocycles. The molecule has 1 aromatic heterocycles. The number of aromatic nitrogens is 1. The van der Waals surface area contributed by atoms with E-state index in [0.29, 0.717) is 0 Å². The zero-order valence-electron chi connectivity index (χ0n) is 11.5. The lowest BCUT2D eigenvalue weighted by Gasteiger charge is -2.17. The fourth-order valence-electron chi connectivity index (χ4n) is 1.59. The summed E-state index contributed by atoms with van der Waals surface area (Å²) in [4.78, 5) is 26.4. The van der Waals surface area contributed by atoms with E-state index >= 15 is 0 Å². The summed E-state index contributed by atoms with van der Waals surface area (Å²) in [6.07, 6.45) is 0.939. The first-order valence-electron chi connectivity index (χ1n) is 6.22. The van der Waals surface area contributed by atoms with Gasteiger partial charge in [0.15, 0.2) is 0 Å². The van der Waals surface area contributed by atoms with Gasteiger partial charge in [-0.1, -0.05) is 6.07 Å². The van der Waals surface area contributed by atoms with Crippen LogP contribution >= 0.6 is 0 Å². The molecule has 0 aliphatic heterocycles. The van der Waals surface area contributed by atoms with E-state index in [9.17, 15) is 9.59 Å². The number of amides is 2. The fourth-order valence-corrected chi connectivity index (χ4v) is 1.59. The Labute approximate surface area is 117 Å². The van der Waals surface area contributed by atoms with Gasteiger partial charge in [0.05, 0.1) is 24.3 Å². The number of nitrogens with zero attached hydrogens (tertiary/aromatic N) is 1. The number of carbonyl (C=O) groups excluding carboxylic acids is 1. The van der Waals surface area contributed by atoms with Crippen LogP contribution in [0.2, 0.25) is 0 Å². The molecular weight excluding hydrogens is 262 g/mol. The average molecular weight is 281 g/mol. The number of carbonyl (C=O) groups is 2. The first-order valence-corrected chi connectivity index (χ1v) is 6.22. The highest BCUT2D eigenvalue weighted by Gasteiger charge is 2.15. The highest BCUT2D eigenvalue weighted by molar-refractivity contribution is 5.74. The minimum absolute atomic E-state index is 0.129. The van der Waals surface area contributed by atoms with Gasteiger partial charge < -0.3 is 20.5 Å². The summed E-state index contributed by atoms with van der Waals surface area (Å²) in [5, 5.41) is 13.9. The molecule has 7 nitrogen and oxygen atoms in total. The van der Waals surface area contributed by atoms with Crippen molar-refractivity contribution in [3.05, 3.63) is 30.1 Å². The van der Waals surface area contributed by atoms with Gasteiger partial charge in [-0.25, -0.2) is 4.79 Å². The second kappa shape index (κ2) is 8.11. The van der Waals surface area contributed by atoms with Gasteiger partial charge in [0.25, 0.3) is 0 Å². The van der Waals surface area contributed by atoms with Crippen molar-refractivity contribution in [2.75, 3.05) is 13.7 Å². The van der Waals surface area contributed by atoms with Crippen LogP contribution in [0, 0.1) is 0 Å². The predicted molar refractivity (Wildman–Crippen MR) is 72.2 cm³/mol. The number of aliphatic carboxylic acids is 1. The Balaban J connectivity index is 2.38. The number of carboxylic acid groups (broad SMARTS) is 1. The van der Waals surface area contributed by atoms with Crippen molar-refractivity contribution in [1.82, 2.24) is 15.6 Å². The van der Waals surface area contributed by atoms with Crippen LogP contribution in [0.25, 0.3) is 0 Å². The van der Waals surface area contributed by atoms with Crippen molar-refractivity contribution in [2.24, 2.45) is 0 Å². The van der Waals surface area contributed by atoms with Gasteiger partial charge in [-0.15, -0.1) is 0 Å². The van der Waals surface area contributed by atoms with Crippen LogP contribution < -0.4 is 10.6 Å². The summed E-state index contributed by atoms with van der Waals surface area (Å²) >= 11 is 0. The van der Waals surface area contributed by atoms with Gasteiger partial charge in [0.1, 0.15) is 0 Å². The number of pyridine rings is 1. The third kappa shape index (κ3) is 5.66. The molecule has 1 heterocycles. The SMILES string of the molecule is COC(CNC(=O)NC(C)c1ccccn1)CC(=O)O. The third-order valence-corrected chi connectivity index (χ3v) is 2.70. The lowest BCUT2D eigenvalue weighted by Crippen LogP contribution is -2.41. The summed E-state index contributed by atoms with van der Waals surface area (Å²) in [7, 11) is 1.41. The summed E-state index contributed by atoms with van der Waals surface area (Å²) in [6.45, 7) is 1.94. The lowest BCUT2D eigenvalue weighted by atomic mass is 10.2. The van der Waals surface area contributed by atoms with Crippen LogP contribution in [-0.4, -0.2) is 41.8 Å². The van der Waals surface area contributed by atoms with Crippen molar-refractivity contribution < 1.29 is 19.4 Å². The first kappa shape index (κ1) is 15.9. The Hall–Kier alpha value is -2.15. The molecule has 20 heavy (non-hydrogen) atoms. The molecule has 0 bridgehead atoms. The Morgan fingerprint density at radius 1 is 1.45 bits per heavy atom. The standard InChI is InChI=1S/C13H19N3O4/c1-9(11-5-3-4-6-14-11)16-13(19)15-8-10(20-2)7-12(17)18/h3-6,9-10H,7-8H2,1-2H3,(H,17,18)(H2,15,16,19). The minimum Gasteiger partial charge on any atom is -0.481 e. The van der Waals surface area contributed by atoms with E-state index in [0.717, 1.165) is 5.69 Å². The molecule has 1 rings (SSSR count). The summed E-state index contributed by atoms with van der Waals surface area (Å²) in [6, 6.07) is 4.82. The number of hydrogen-bond donors (Lipinski definition) is 3. The van der Waals surface area contributed by atoms with Crippen LogP contribution in [0.3, 0.4) is 0 Å². The second-order valence-electron chi connectivity index (χ2n) is 4.29. The van der Waals surface area contributed by atoms with Crippen molar-refractivity contribution in [1.29, 1.82) is 0 Å². The molecule has 0 aromatic carbocycles. The molecule has 2 amide bonds.